The second-order valence-electron chi connectivity index (χ2n) is 5.55. The molecule has 1 unspecified atom stereocenters. The topological polar surface area (TPSA) is 70.6 Å². The van der Waals surface area contributed by atoms with E-state index in [1.165, 1.54) is 0 Å². The molecule has 5 nitrogen and oxygen atoms in total. The molecule has 2 aromatic carbocycles. The fourth-order valence-electron chi connectivity index (χ4n) is 2.43. The van der Waals surface area contributed by atoms with Crippen LogP contribution in [-0.4, -0.2) is 43.2 Å². The molecule has 0 bridgehead atoms. The third kappa shape index (κ3) is 5.66. The Labute approximate surface area is 153 Å². The lowest BCUT2D eigenvalue weighted by molar-refractivity contribution is 0.0954. The molecule has 0 aliphatic rings. The van der Waals surface area contributed by atoms with Gasteiger partial charge in [-0.05, 0) is 30.2 Å². The van der Waals surface area contributed by atoms with Crippen molar-refractivity contribution in [3.05, 3.63) is 59.7 Å². The van der Waals surface area contributed by atoms with Crippen LogP contribution in [0.2, 0.25) is 0 Å². The predicted molar refractivity (Wildman–Crippen MR) is 101 cm³/mol. The zero-order chi connectivity index (χ0) is 18.1. The van der Waals surface area contributed by atoms with Crippen LogP contribution in [0.25, 0.3) is 0 Å². The molecule has 2 aromatic rings. The summed E-state index contributed by atoms with van der Waals surface area (Å²) >= 11 is 5.59. The number of hydrogen-bond donors (Lipinski definition) is 3. The number of carbonyl (C=O) groups is 1. The summed E-state index contributed by atoms with van der Waals surface area (Å²) < 4.78 is 5.31. The highest BCUT2D eigenvalue weighted by molar-refractivity contribution is 6.18. The van der Waals surface area contributed by atoms with Gasteiger partial charge in [0.1, 0.15) is 5.75 Å². The first-order valence-corrected chi connectivity index (χ1v) is 8.66. The lowest BCUT2D eigenvalue weighted by atomic mass is 10.1. The van der Waals surface area contributed by atoms with E-state index in [9.17, 15) is 9.90 Å². The number of benzene rings is 2. The quantitative estimate of drug-likeness (QED) is 0.600. The molecule has 2 rings (SSSR count). The summed E-state index contributed by atoms with van der Waals surface area (Å²) in [7, 11) is 1.63. The molecule has 0 radical (unpaired) electrons. The van der Waals surface area contributed by atoms with Crippen molar-refractivity contribution in [2.24, 2.45) is 0 Å². The Bertz CT molecular complexity index is 694. The molecule has 0 aromatic heterocycles. The van der Waals surface area contributed by atoms with Crippen molar-refractivity contribution >= 4 is 23.2 Å². The van der Waals surface area contributed by atoms with Gasteiger partial charge in [-0.2, -0.15) is 0 Å². The molecule has 25 heavy (non-hydrogen) atoms. The number of anilines is 1. The average Bonchev–Trinajstić information content (AvgIpc) is 2.66. The molecule has 0 fully saturated rings. The maximum Gasteiger partial charge on any atom is 0.253 e. The van der Waals surface area contributed by atoms with Crippen LogP contribution in [0.15, 0.2) is 48.5 Å². The Balaban J connectivity index is 1.94. The van der Waals surface area contributed by atoms with E-state index in [0.717, 1.165) is 11.3 Å². The molecule has 6 heteroatoms. The van der Waals surface area contributed by atoms with E-state index >= 15 is 0 Å². The Morgan fingerprint density at radius 2 is 1.92 bits per heavy atom. The third-order valence-electron chi connectivity index (χ3n) is 3.75. The van der Waals surface area contributed by atoms with Crippen LogP contribution in [0.1, 0.15) is 15.9 Å². The number of rotatable bonds is 9. The van der Waals surface area contributed by atoms with Gasteiger partial charge in [0.25, 0.3) is 5.91 Å². The van der Waals surface area contributed by atoms with Crippen LogP contribution < -0.4 is 15.4 Å². The van der Waals surface area contributed by atoms with Gasteiger partial charge in [-0.3, -0.25) is 4.79 Å². The number of aliphatic hydroxyl groups excluding tert-OH is 1. The van der Waals surface area contributed by atoms with E-state index in [1.807, 2.05) is 30.3 Å². The number of alkyl halides is 1. The number of amides is 1. The second-order valence-corrected chi connectivity index (χ2v) is 5.86. The van der Waals surface area contributed by atoms with Gasteiger partial charge < -0.3 is 20.5 Å². The van der Waals surface area contributed by atoms with Gasteiger partial charge in [-0.25, -0.2) is 0 Å². The van der Waals surface area contributed by atoms with Crippen molar-refractivity contribution in [3.63, 3.8) is 0 Å². The summed E-state index contributed by atoms with van der Waals surface area (Å²) in [6, 6.07) is 14.9. The van der Waals surface area contributed by atoms with Crippen LogP contribution in [-0.2, 0) is 6.42 Å². The van der Waals surface area contributed by atoms with Gasteiger partial charge in [0.2, 0.25) is 0 Å². The lowest BCUT2D eigenvalue weighted by Gasteiger charge is -2.14. The van der Waals surface area contributed by atoms with Gasteiger partial charge in [-0.1, -0.05) is 30.3 Å². The van der Waals surface area contributed by atoms with Gasteiger partial charge >= 0.3 is 0 Å². The normalized spacial score (nSPS) is 11.6. The van der Waals surface area contributed by atoms with E-state index in [2.05, 4.69) is 10.6 Å². The molecule has 0 saturated carbocycles. The summed E-state index contributed by atoms with van der Waals surface area (Å²) in [6.45, 7) is 0.785. The summed E-state index contributed by atoms with van der Waals surface area (Å²) in [5.41, 5.74) is 2.24. The SMILES string of the molecule is COc1ccccc1CCNC(=O)c1ccccc1NCC(O)CCl. The molecule has 134 valence electrons. The van der Waals surface area contributed by atoms with Crippen LogP contribution in [0.3, 0.4) is 0 Å². The summed E-state index contributed by atoms with van der Waals surface area (Å²) in [5.74, 6) is 0.785. The number of ether oxygens (including phenoxy) is 1. The maximum absolute atomic E-state index is 12.5. The van der Waals surface area contributed by atoms with E-state index in [4.69, 9.17) is 16.3 Å². The first kappa shape index (κ1) is 19.1. The first-order valence-electron chi connectivity index (χ1n) is 8.12. The smallest absolute Gasteiger partial charge is 0.253 e. The average molecular weight is 363 g/mol. The zero-order valence-corrected chi connectivity index (χ0v) is 14.9. The van der Waals surface area contributed by atoms with E-state index < -0.39 is 6.10 Å². The van der Waals surface area contributed by atoms with Crippen molar-refractivity contribution < 1.29 is 14.6 Å². The molecule has 0 spiro atoms. The highest BCUT2D eigenvalue weighted by Crippen LogP contribution is 2.18. The minimum atomic E-state index is -0.664. The third-order valence-corrected chi connectivity index (χ3v) is 4.11. The van der Waals surface area contributed by atoms with E-state index in [1.54, 1.807) is 25.3 Å². The van der Waals surface area contributed by atoms with Gasteiger partial charge in [0.05, 0.1) is 24.7 Å². The summed E-state index contributed by atoms with van der Waals surface area (Å²) in [6.07, 6.45) is 0.0133. The van der Waals surface area contributed by atoms with Crippen molar-refractivity contribution in [1.82, 2.24) is 5.32 Å². The van der Waals surface area contributed by atoms with Crippen LogP contribution >= 0.6 is 11.6 Å². The Hall–Kier alpha value is -2.24. The molecule has 0 aliphatic carbocycles. The molecule has 3 N–H and O–H groups in total. The Morgan fingerprint density at radius 1 is 1.20 bits per heavy atom. The predicted octanol–water partition coefficient (Wildman–Crippen LogP) is 2.68. The molecule has 0 saturated heterocycles. The molecular weight excluding hydrogens is 340 g/mol. The summed E-state index contributed by atoms with van der Waals surface area (Å²) in [5, 5.41) is 15.5. The lowest BCUT2D eigenvalue weighted by Crippen LogP contribution is -2.28. The van der Waals surface area contributed by atoms with Gasteiger partial charge in [-0.15, -0.1) is 11.6 Å². The number of para-hydroxylation sites is 2. The second kappa shape index (κ2) is 9.91. The highest BCUT2D eigenvalue weighted by atomic mass is 35.5. The largest absolute Gasteiger partial charge is 0.496 e. The van der Waals surface area contributed by atoms with Crippen molar-refractivity contribution in [1.29, 1.82) is 0 Å². The molecule has 1 amide bonds. The summed E-state index contributed by atoms with van der Waals surface area (Å²) in [4.78, 5) is 12.5. The minimum absolute atomic E-state index is 0.139. The fraction of sp³-hybridized carbons (Fsp3) is 0.316. The number of methoxy groups -OCH3 is 1. The Morgan fingerprint density at radius 3 is 2.68 bits per heavy atom. The van der Waals surface area contributed by atoms with Gasteiger partial charge in [0.15, 0.2) is 0 Å². The minimum Gasteiger partial charge on any atom is -0.496 e. The number of nitrogens with one attached hydrogen (secondary N) is 2. The van der Waals surface area contributed by atoms with Crippen LogP contribution in [0.5, 0.6) is 5.75 Å². The fourth-order valence-corrected chi connectivity index (χ4v) is 2.54. The molecule has 1 atom stereocenters. The van der Waals surface area contributed by atoms with Crippen LogP contribution in [0.4, 0.5) is 5.69 Å². The number of carbonyl (C=O) groups excluding carboxylic acids is 1. The first-order chi connectivity index (χ1) is 12.2. The van der Waals surface area contributed by atoms with E-state index in [-0.39, 0.29) is 18.3 Å². The van der Waals surface area contributed by atoms with Crippen molar-refractivity contribution in [2.75, 3.05) is 31.4 Å². The molecule has 0 aliphatic heterocycles. The highest BCUT2D eigenvalue weighted by Gasteiger charge is 2.12. The number of halogens is 1. The van der Waals surface area contributed by atoms with Crippen molar-refractivity contribution in [3.8, 4) is 5.75 Å². The zero-order valence-electron chi connectivity index (χ0n) is 14.2. The standard InChI is InChI=1S/C19H23ClN2O3/c1-25-18-9-5-2-6-14(18)10-11-21-19(24)16-7-3-4-8-17(16)22-13-15(23)12-20/h2-9,15,22-23H,10-13H2,1H3,(H,21,24). The Kier molecular flexibility index (Phi) is 7.57. The maximum atomic E-state index is 12.5. The molecule has 0 heterocycles. The molecular formula is C19H23ClN2O3. The van der Waals surface area contributed by atoms with Crippen molar-refractivity contribution in [2.45, 2.75) is 12.5 Å². The monoisotopic (exact) mass is 362 g/mol. The van der Waals surface area contributed by atoms with E-state index in [0.29, 0.717) is 24.2 Å². The van der Waals surface area contributed by atoms with Gasteiger partial charge in [0, 0.05) is 18.8 Å². The van der Waals surface area contributed by atoms with Crippen LogP contribution in [0, 0.1) is 0 Å². The number of hydrogen-bond acceptors (Lipinski definition) is 4. The number of aliphatic hydroxyl groups is 1.